The molecule has 0 spiro atoms. The van der Waals surface area contributed by atoms with Gasteiger partial charge in [0, 0.05) is 11.8 Å². The van der Waals surface area contributed by atoms with Crippen LogP contribution in [0.25, 0.3) is 0 Å². The Bertz CT molecular complexity index is 1020. The normalized spacial score (nSPS) is 12.3. The fourth-order valence-corrected chi connectivity index (χ4v) is 2.65. The van der Waals surface area contributed by atoms with E-state index in [4.69, 9.17) is 11.5 Å². The molecule has 13 heteroatoms. The van der Waals surface area contributed by atoms with E-state index in [2.05, 4.69) is 25.3 Å². The molecule has 0 aliphatic heterocycles. The Balaban J connectivity index is 2.42. The number of rotatable bonds is 9. The zero-order chi connectivity index (χ0) is 23.3. The van der Waals surface area contributed by atoms with E-state index >= 15 is 0 Å². The number of primary amides is 2. The molecule has 1 atom stereocenters. The number of carbonyl (C=O) groups is 2. The number of nitrogens with zero attached hydrogens (tertiary/aromatic N) is 1. The van der Waals surface area contributed by atoms with Crippen LogP contribution in [0.1, 0.15) is 30.6 Å². The number of hydrogen-bond donors (Lipinski definition) is 5. The van der Waals surface area contributed by atoms with Gasteiger partial charge in [-0.15, -0.1) is 13.2 Å². The van der Waals surface area contributed by atoms with Crippen molar-refractivity contribution in [2.75, 3.05) is 10.6 Å². The molecule has 0 saturated heterocycles. The van der Waals surface area contributed by atoms with E-state index in [-0.39, 0.29) is 23.4 Å². The minimum Gasteiger partial charge on any atom is -0.406 e. The summed E-state index contributed by atoms with van der Waals surface area (Å²) in [5.74, 6) is -2.80. The lowest BCUT2D eigenvalue weighted by molar-refractivity contribution is -0.274. The maximum atomic E-state index is 12.4. The first-order valence-electron chi connectivity index (χ1n) is 8.98. The van der Waals surface area contributed by atoms with Gasteiger partial charge in [-0.1, -0.05) is 19.9 Å². The van der Waals surface area contributed by atoms with Gasteiger partial charge in [0.05, 0.1) is 0 Å². The highest BCUT2D eigenvalue weighted by molar-refractivity contribution is 5.98. The summed E-state index contributed by atoms with van der Waals surface area (Å²) >= 11 is 0. The third-order valence-corrected chi connectivity index (χ3v) is 3.86. The Hall–Kier alpha value is -3.77. The second-order valence-corrected chi connectivity index (χ2v) is 6.93. The van der Waals surface area contributed by atoms with Crippen molar-refractivity contribution in [3.05, 3.63) is 40.2 Å². The highest BCUT2D eigenvalue weighted by atomic mass is 19.4. The standard InChI is InChI=1S/C18H21F3N6O4/c1-8(2)6-11(13(22)28)25-17-26-15(12(14(23)29)16(30)27-17)24-9-4-3-5-10(7-9)31-18(19,20)21/h3-5,7-8,11H,6H2,1-2H3,(H2,22,28)(H2,23,29)(H3,24,25,26,27,30). The van der Waals surface area contributed by atoms with Crippen LogP contribution in [-0.4, -0.2) is 34.2 Å². The topological polar surface area (TPSA) is 165 Å². The number of aromatic nitrogens is 2. The van der Waals surface area contributed by atoms with Gasteiger partial charge < -0.3 is 26.8 Å². The van der Waals surface area contributed by atoms with Crippen molar-refractivity contribution < 1.29 is 27.5 Å². The van der Waals surface area contributed by atoms with Gasteiger partial charge in [0.2, 0.25) is 11.9 Å². The molecule has 1 heterocycles. The number of ether oxygens (including phenoxy) is 1. The van der Waals surface area contributed by atoms with Crippen molar-refractivity contribution in [1.29, 1.82) is 0 Å². The number of anilines is 3. The van der Waals surface area contributed by atoms with Crippen LogP contribution in [0.2, 0.25) is 0 Å². The molecule has 2 rings (SSSR count). The van der Waals surface area contributed by atoms with Crippen LogP contribution < -0.4 is 32.4 Å². The van der Waals surface area contributed by atoms with Gasteiger partial charge in [-0.3, -0.25) is 19.4 Å². The maximum absolute atomic E-state index is 12.4. The first kappa shape index (κ1) is 23.5. The predicted octanol–water partition coefficient (Wildman–Crippen LogP) is 1.82. The van der Waals surface area contributed by atoms with Crippen molar-refractivity contribution >= 4 is 29.3 Å². The van der Waals surface area contributed by atoms with Crippen LogP contribution in [0.15, 0.2) is 29.1 Å². The lowest BCUT2D eigenvalue weighted by Gasteiger charge is -2.18. The molecule has 31 heavy (non-hydrogen) atoms. The summed E-state index contributed by atoms with van der Waals surface area (Å²) in [6.07, 6.45) is -4.58. The quantitative estimate of drug-likeness (QED) is 0.395. The van der Waals surface area contributed by atoms with Crippen molar-refractivity contribution in [2.24, 2.45) is 17.4 Å². The molecule has 0 bridgehead atoms. The van der Waals surface area contributed by atoms with E-state index < -0.39 is 41.1 Å². The van der Waals surface area contributed by atoms with Crippen molar-refractivity contribution in [2.45, 2.75) is 32.7 Å². The number of alkyl halides is 3. The lowest BCUT2D eigenvalue weighted by atomic mass is 10.0. The lowest BCUT2D eigenvalue weighted by Crippen LogP contribution is -2.38. The average Bonchev–Trinajstić information content (AvgIpc) is 2.58. The molecule has 168 valence electrons. The minimum absolute atomic E-state index is 0.0296. The molecule has 1 aromatic carbocycles. The second-order valence-electron chi connectivity index (χ2n) is 6.93. The fraction of sp³-hybridized carbons (Fsp3) is 0.333. The number of amides is 2. The second kappa shape index (κ2) is 9.36. The van der Waals surface area contributed by atoms with E-state index in [1.165, 1.54) is 12.1 Å². The summed E-state index contributed by atoms with van der Waals surface area (Å²) in [6, 6.07) is 3.79. The molecular weight excluding hydrogens is 421 g/mol. The fourth-order valence-electron chi connectivity index (χ4n) is 2.65. The number of nitrogens with one attached hydrogen (secondary N) is 3. The van der Waals surface area contributed by atoms with Crippen LogP contribution in [0.5, 0.6) is 5.75 Å². The third kappa shape index (κ3) is 6.90. The Labute approximate surface area is 174 Å². The number of halogens is 3. The summed E-state index contributed by atoms with van der Waals surface area (Å²) in [7, 11) is 0. The number of carbonyl (C=O) groups excluding carboxylic acids is 2. The van der Waals surface area contributed by atoms with Crippen LogP contribution in [0.4, 0.5) is 30.6 Å². The molecule has 0 saturated carbocycles. The third-order valence-electron chi connectivity index (χ3n) is 3.86. The molecule has 2 amide bonds. The van der Waals surface area contributed by atoms with Crippen LogP contribution >= 0.6 is 0 Å². The largest absolute Gasteiger partial charge is 0.573 e. The summed E-state index contributed by atoms with van der Waals surface area (Å²) in [5.41, 5.74) is 9.14. The molecule has 0 radical (unpaired) electrons. The molecule has 1 aromatic heterocycles. The van der Waals surface area contributed by atoms with Gasteiger partial charge in [-0.2, -0.15) is 4.98 Å². The SMILES string of the molecule is CC(C)CC(Nc1nc(Nc2cccc(OC(F)(F)F)c2)c(C(N)=O)c(=O)[nH]1)C(N)=O. The highest BCUT2D eigenvalue weighted by Gasteiger charge is 2.31. The van der Waals surface area contributed by atoms with E-state index in [0.717, 1.165) is 12.1 Å². The smallest absolute Gasteiger partial charge is 0.406 e. The Morgan fingerprint density at radius 3 is 2.48 bits per heavy atom. The van der Waals surface area contributed by atoms with E-state index in [0.29, 0.717) is 6.42 Å². The summed E-state index contributed by atoms with van der Waals surface area (Å²) in [5, 5.41) is 5.25. The highest BCUT2D eigenvalue weighted by Crippen LogP contribution is 2.27. The van der Waals surface area contributed by atoms with Gasteiger partial charge in [0.15, 0.2) is 5.82 Å². The van der Waals surface area contributed by atoms with Crippen molar-refractivity contribution in [3.8, 4) is 5.75 Å². The van der Waals surface area contributed by atoms with Gasteiger partial charge in [-0.25, -0.2) is 0 Å². The number of aromatic amines is 1. The molecule has 2 aromatic rings. The van der Waals surface area contributed by atoms with Crippen LogP contribution in [-0.2, 0) is 4.79 Å². The zero-order valence-corrected chi connectivity index (χ0v) is 16.5. The first-order chi connectivity index (χ1) is 14.4. The zero-order valence-electron chi connectivity index (χ0n) is 16.5. The Morgan fingerprint density at radius 1 is 1.26 bits per heavy atom. The van der Waals surface area contributed by atoms with Gasteiger partial charge in [0.25, 0.3) is 11.5 Å². The molecule has 0 fully saturated rings. The van der Waals surface area contributed by atoms with Crippen molar-refractivity contribution in [3.63, 3.8) is 0 Å². The molecule has 0 aliphatic rings. The van der Waals surface area contributed by atoms with E-state index in [1.54, 1.807) is 0 Å². The summed E-state index contributed by atoms with van der Waals surface area (Å²) in [4.78, 5) is 42.1. The Morgan fingerprint density at radius 2 is 1.94 bits per heavy atom. The molecule has 10 nitrogen and oxygen atoms in total. The first-order valence-corrected chi connectivity index (χ1v) is 8.98. The van der Waals surface area contributed by atoms with E-state index in [1.807, 2.05) is 13.8 Å². The molecule has 1 unspecified atom stereocenters. The minimum atomic E-state index is -4.91. The van der Waals surface area contributed by atoms with Gasteiger partial charge >= 0.3 is 6.36 Å². The molecular formula is C18H21F3N6O4. The predicted molar refractivity (Wildman–Crippen MR) is 106 cm³/mol. The number of H-pyrrole nitrogens is 1. The van der Waals surface area contributed by atoms with E-state index in [9.17, 15) is 27.6 Å². The Kier molecular flexibility index (Phi) is 7.10. The van der Waals surface area contributed by atoms with Crippen LogP contribution in [0.3, 0.4) is 0 Å². The molecule has 0 aliphatic carbocycles. The monoisotopic (exact) mass is 442 g/mol. The van der Waals surface area contributed by atoms with Gasteiger partial charge in [0.1, 0.15) is 17.4 Å². The number of nitrogens with two attached hydrogens (primary N) is 2. The van der Waals surface area contributed by atoms with Crippen molar-refractivity contribution in [1.82, 2.24) is 9.97 Å². The average molecular weight is 442 g/mol. The number of hydrogen-bond acceptors (Lipinski definition) is 7. The van der Waals surface area contributed by atoms with Gasteiger partial charge in [-0.05, 0) is 24.5 Å². The number of benzene rings is 1. The maximum Gasteiger partial charge on any atom is 0.573 e. The summed E-state index contributed by atoms with van der Waals surface area (Å²) < 4.78 is 41.2. The summed E-state index contributed by atoms with van der Waals surface area (Å²) in [6.45, 7) is 3.71. The molecule has 7 N–H and O–H groups in total. The van der Waals surface area contributed by atoms with Crippen LogP contribution in [0, 0.1) is 5.92 Å².